The number of carbonyl (C=O) groups is 2. The van der Waals surface area contributed by atoms with Crippen LogP contribution in [0.1, 0.15) is 19.4 Å². The molecule has 1 fully saturated rings. The van der Waals surface area contributed by atoms with E-state index < -0.39 is 27.1 Å². The lowest BCUT2D eigenvalue weighted by atomic mass is 10.1. The van der Waals surface area contributed by atoms with Crippen LogP contribution in [0.4, 0.5) is 16.2 Å². The summed E-state index contributed by atoms with van der Waals surface area (Å²) < 4.78 is 10.9. The highest BCUT2D eigenvalue weighted by atomic mass is 32.2. The maximum absolute atomic E-state index is 12.4. The summed E-state index contributed by atoms with van der Waals surface area (Å²) in [5, 5.41) is 21.9. The second kappa shape index (κ2) is 9.06. The van der Waals surface area contributed by atoms with Crippen LogP contribution in [0.5, 0.6) is 17.2 Å². The average Bonchev–Trinajstić information content (AvgIpc) is 3.01. The van der Waals surface area contributed by atoms with Crippen LogP contribution in [0.15, 0.2) is 41.3 Å². The summed E-state index contributed by atoms with van der Waals surface area (Å²) in [4.78, 5) is 46.6. The zero-order valence-electron chi connectivity index (χ0n) is 17.1. The molecular formula is C20H17N3O8S. The summed E-state index contributed by atoms with van der Waals surface area (Å²) in [5.74, 6) is -0.271. The van der Waals surface area contributed by atoms with Crippen LogP contribution in [0, 0.1) is 20.2 Å². The Morgan fingerprint density at radius 1 is 1.00 bits per heavy atom. The number of ether oxygens (including phenoxy) is 2. The molecule has 0 atom stereocenters. The molecule has 32 heavy (non-hydrogen) atoms. The molecule has 0 unspecified atom stereocenters. The summed E-state index contributed by atoms with van der Waals surface area (Å²) in [6, 6.07) is 7.36. The summed E-state index contributed by atoms with van der Waals surface area (Å²) in [7, 11) is 1.36. The molecule has 0 aromatic heterocycles. The van der Waals surface area contributed by atoms with Gasteiger partial charge in [0.15, 0.2) is 11.5 Å². The van der Waals surface area contributed by atoms with E-state index in [-0.39, 0.29) is 33.4 Å². The van der Waals surface area contributed by atoms with Crippen LogP contribution in [-0.2, 0) is 4.79 Å². The highest BCUT2D eigenvalue weighted by Gasteiger charge is 2.36. The second-order valence-corrected chi connectivity index (χ2v) is 7.82. The summed E-state index contributed by atoms with van der Waals surface area (Å²) in [5.41, 5.74) is -0.476. The quantitative estimate of drug-likeness (QED) is 0.325. The first kappa shape index (κ1) is 22.7. The van der Waals surface area contributed by atoms with E-state index in [4.69, 9.17) is 9.47 Å². The fourth-order valence-electron chi connectivity index (χ4n) is 2.90. The topological polar surface area (TPSA) is 142 Å². The molecule has 0 spiro atoms. The van der Waals surface area contributed by atoms with Gasteiger partial charge >= 0.3 is 5.69 Å². The van der Waals surface area contributed by atoms with Gasteiger partial charge in [-0.05, 0) is 55.4 Å². The smallest absolute Gasteiger partial charge is 0.318 e. The maximum atomic E-state index is 12.4. The molecule has 2 amide bonds. The lowest BCUT2D eigenvalue weighted by Gasteiger charge is -2.16. The van der Waals surface area contributed by atoms with E-state index in [1.807, 2.05) is 0 Å². The van der Waals surface area contributed by atoms with Gasteiger partial charge in [-0.3, -0.25) is 34.7 Å². The number of methoxy groups -OCH3 is 1. The Bertz CT molecular complexity index is 1160. The minimum atomic E-state index is -0.784. The molecule has 0 saturated carbocycles. The van der Waals surface area contributed by atoms with Crippen LogP contribution in [0.2, 0.25) is 0 Å². The van der Waals surface area contributed by atoms with Crippen molar-refractivity contribution >= 4 is 40.4 Å². The van der Waals surface area contributed by atoms with E-state index in [2.05, 4.69) is 0 Å². The van der Waals surface area contributed by atoms with Crippen molar-refractivity contribution in [2.75, 3.05) is 7.11 Å². The zero-order valence-corrected chi connectivity index (χ0v) is 18.0. The van der Waals surface area contributed by atoms with Crippen molar-refractivity contribution in [3.63, 3.8) is 0 Å². The fourth-order valence-corrected chi connectivity index (χ4v) is 3.86. The van der Waals surface area contributed by atoms with Crippen molar-refractivity contribution in [2.24, 2.45) is 0 Å². The number of rotatable bonds is 7. The van der Waals surface area contributed by atoms with Crippen LogP contribution in [0.3, 0.4) is 0 Å². The number of hydrogen-bond donors (Lipinski definition) is 0. The van der Waals surface area contributed by atoms with Crippen LogP contribution < -0.4 is 9.47 Å². The molecule has 0 N–H and O–H groups in total. The average molecular weight is 459 g/mol. The van der Waals surface area contributed by atoms with Crippen LogP contribution >= 0.6 is 11.8 Å². The number of imide groups is 1. The van der Waals surface area contributed by atoms with Crippen molar-refractivity contribution in [1.82, 2.24) is 4.90 Å². The number of hydrogen-bond acceptors (Lipinski definition) is 9. The third-order valence-corrected chi connectivity index (χ3v) is 5.28. The van der Waals surface area contributed by atoms with Gasteiger partial charge in [0.1, 0.15) is 0 Å². The molecule has 1 aliphatic heterocycles. The molecule has 0 radical (unpaired) electrons. The maximum Gasteiger partial charge on any atom is 0.318 e. The number of nitro benzene ring substituents is 2. The molecule has 2 aromatic rings. The summed E-state index contributed by atoms with van der Waals surface area (Å²) in [6.07, 6.45) is 1.54. The monoisotopic (exact) mass is 459 g/mol. The number of amides is 2. The minimum Gasteiger partial charge on any atom is -0.493 e. The van der Waals surface area contributed by atoms with Gasteiger partial charge in [0.2, 0.25) is 5.75 Å². The number of benzene rings is 2. The third kappa shape index (κ3) is 4.54. The van der Waals surface area contributed by atoms with E-state index in [1.165, 1.54) is 30.2 Å². The van der Waals surface area contributed by atoms with E-state index >= 15 is 0 Å². The van der Waals surface area contributed by atoms with Crippen molar-refractivity contribution in [1.29, 1.82) is 0 Å². The molecule has 1 saturated heterocycles. The van der Waals surface area contributed by atoms with Gasteiger partial charge in [0.25, 0.3) is 16.8 Å². The molecule has 2 aromatic carbocycles. The first-order valence-electron chi connectivity index (χ1n) is 9.18. The predicted octanol–water partition coefficient (Wildman–Crippen LogP) is 4.75. The van der Waals surface area contributed by atoms with Gasteiger partial charge in [-0.2, -0.15) is 0 Å². The standard InChI is InChI=1S/C20H17N3O8S/c1-11(2)21-19(24)18(32-20(21)25)9-12-4-6-16(17(8-12)30-3)31-15-7-5-13(22(26)27)10-14(15)23(28)29/h4-11H,1-3H3/b18-9+. The molecule has 0 aliphatic carbocycles. The lowest BCUT2D eigenvalue weighted by Crippen LogP contribution is -2.34. The predicted molar refractivity (Wildman–Crippen MR) is 116 cm³/mol. The lowest BCUT2D eigenvalue weighted by molar-refractivity contribution is -0.394. The molecule has 166 valence electrons. The zero-order chi connectivity index (χ0) is 23.6. The molecular weight excluding hydrogens is 442 g/mol. The highest BCUT2D eigenvalue weighted by Crippen LogP contribution is 2.39. The van der Waals surface area contributed by atoms with Gasteiger partial charge in [0, 0.05) is 12.1 Å². The van der Waals surface area contributed by atoms with Crippen molar-refractivity contribution in [3.8, 4) is 17.2 Å². The molecule has 12 heteroatoms. The minimum absolute atomic E-state index is 0.122. The van der Waals surface area contributed by atoms with Gasteiger partial charge < -0.3 is 9.47 Å². The van der Waals surface area contributed by atoms with E-state index in [9.17, 15) is 29.8 Å². The highest BCUT2D eigenvalue weighted by molar-refractivity contribution is 8.18. The van der Waals surface area contributed by atoms with Crippen molar-refractivity contribution < 1.29 is 28.9 Å². The number of thioether (sulfide) groups is 1. The Morgan fingerprint density at radius 2 is 1.69 bits per heavy atom. The summed E-state index contributed by atoms with van der Waals surface area (Å²) in [6.45, 7) is 3.48. The molecule has 1 aliphatic rings. The Kier molecular flexibility index (Phi) is 6.44. The number of nitrogens with zero attached hydrogens (tertiary/aromatic N) is 3. The molecule has 1 heterocycles. The first-order chi connectivity index (χ1) is 15.1. The fraction of sp³-hybridized carbons (Fsp3) is 0.200. The number of carbonyl (C=O) groups excluding carboxylic acids is 2. The van der Waals surface area contributed by atoms with Crippen molar-refractivity contribution in [2.45, 2.75) is 19.9 Å². The summed E-state index contributed by atoms with van der Waals surface area (Å²) >= 11 is 0.831. The normalized spacial score (nSPS) is 14.9. The van der Waals surface area contributed by atoms with Gasteiger partial charge in [-0.25, -0.2) is 0 Å². The molecule has 0 bridgehead atoms. The Hall–Kier alpha value is -3.93. The van der Waals surface area contributed by atoms with Crippen molar-refractivity contribution in [3.05, 3.63) is 67.1 Å². The second-order valence-electron chi connectivity index (χ2n) is 6.82. The van der Waals surface area contributed by atoms with Crippen LogP contribution in [-0.4, -0.2) is 39.0 Å². The number of nitro groups is 2. The molecule has 11 nitrogen and oxygen atoms in total. The van der Waals surface area contributed by atoms with Gasteiger partial charge in [0.05, 0.1) is 27.9 Å². The van der Waals surface area contributed by atoms with Crippen LogP contribution in [0.25, 0.3) is 6.08 Å². The largest absolute Gasteiger partial charge is 0.493 e. The van der Waals surface area contributed by atoms with Gasteiger partial charge in [-0.15, -0.1) is 0 Å². The SMILES string of the molecule is COc1cc(/C=C2/SC(=O)N(C(C)C)C2=O)ccc1Oc1ccc([N+](=O)[O-])cc1[N+](=O)[O-]. The molecule has 3 rings (SSSR count). The van der Waals surface area contributed by atoms with E-state index in [1.54, 1.807) is 19.9 Å². The number of non-ortho nitro benzene ring substituents is 1. The third-order valence-electron chi connectivity index (χ3n) is 4.40. The Balaban J connectivity index is 1.92. The first-order valence-corrected chi connectivity index (χ1v) is 9.99. The van der Waals surface area contributed by atoms with E-state index in [0.717, 1.165) is 30.0 Å². The Labute approximate surface area is 185 Å². The van der Waals surface area contributed by atoms with E-state index in [0.29, 0.717) is 5.56 Å². The Morgan fingerprint density at radius 3 is 2.25 bits per heavy atom. The van der Waals surface area contributed by atoms with Gasteiger partial charge in [-0.1, -0.05) is 6.07 Å².